The summed E-state index contributed by atoms with van der Waals surface area (Å²) in [5.41, 5.74) is 0.501. The summed E-state index contributed by atoms with van der Waals surface area (Å²) in [6.07, 6.45) is 3.90. The first-order valence-corrected chi connectivity index (χ1v) is 7.38. The van der Waals surface area contributed by atoms with Crippen molar-refractivity contribution < 1.29 is 18.7 Å². The summed E-state index contributed by atoms with van der Waals surface area (Å²) < 4.78 is 27.6. The van der Waals surface area contributed by atoms with Gasteiger partial charge in [0.2, 0.25) is 0 Å². The Morgan fingerprint density at radius 1 is 1.35 bits per heavy atom. The number of carbonyl (C=O) groups is 1. The molecule has 132 valence electrons. The Balaban J connectivity index is 2.06. The zero-order valence-corrected chi connectivity index (χ0v) is 13.4. The Morgan fingerprint density at radius 3 is 2.77 bits per heavy atom. The van der Waals surface area contributed by atoms with Gasteiger partial charge < -0.3 is 10.4 Å². The molecule has 0 amide bonds. The molecule has 3 aromatic rings. The molecule has 3 rings (SSSR count). The molecule has 0 aliphatic heterocycles. The minimum Gasteiger partial charge on any atom is -0.478 e. The van der Waals surface area contributed by atoms with Crippen molar-refractivity contribution in [2.75, 3.05) is 11.9 Å². The SMILES string of the molecule is CC(F)(F)CNc1cc(-n2ncc3cc(C#N)cnc32)ncc1C(=O)O. The molecule has 0 spiro atoms. The Labute approximate surface area is 145 Å². The third kappa shape index (κ3) is 3.41. The van der Waals surface area contributed by atoms with E-state index in [1.165, 1.54) is 23.1 Å². The Hall–Kier alpha value is -3.61. The van der Waals surface area contributed by atoms with E-state index in [2.05, 4.69) is 20.4 Å². The molecule has 0 saturated heterocycles. The second-order valence-corrected chi connectivity index (χ2v) is 5.62. The molecule has 8 nitrogen and oxygen atoms in total. The van der Waals surface area contributed by atoms with E-state index in [1.807, 2.05) is 6.07 Å². The lowest BCUT2D eigenvalue weighted by Crippen LogP contribution is -2.24. The number of pyridine rings is 2. The predicted octanol–water partition coefficient (Wildman–Crippen LogP) is 2.45. The molecule has 0 aliphatic carbocycles. The van der Waals surface area contributed by atoms with Gasteiger partial charge in [-0.2, -0.15) is 15.0 Å². The van der Waals surface area contributed by atoms with E-state index in [0.717, 1.165) is 13.1 Å². The molecule has 10 heteroatoms. The van der Waals surface area contributed by atoms with Gasteiger partial charge in [0, 0.05) is 30.8 Å². The number of nitrogens with one attached hydrogen (secondary N) is 1. The number of aromatic carboxylic acids is 1. The molecular weight excluding hydrogens is 346 g/mol. The number of carboxylic acid groups (broad SMARTS) is 1. The highest BCUT2D eigenvalue weighted by atomic mass is 19.3. The monoisotopic (exact) mass is 358 g/mol. The van der Waals surface area contributed by atoms with Crippen molar-refractivity contribution in [2.45, 2.75) is 12.8 Å². The van der Waals surface area contributed by atoms with Crippen LogP contribution in [0.1, 0.15) is 22.8 Å². The van der Waals surface area contributed by atoms with Gasteiger partial charge in [0.05, 0.1) is 24.0 Å². The molecular formula is C16H12F2N6O2. The van der Waals surface area contributed by atoms with Gasteiger partial charge >= 0.3 is 5.97 Å². The van der Waals surface area contributed by atoms with E-state index < -0.39 is 18.4 Å². The summed E-state index contributed by atoms with van der Waals surface area (Å²) in [6.45, 7) is -0.0133. The first-order chi connectivity index (χ1) is 12.3. The van der Waals surface area contributed by atoms with Crippen LogP contribution in [0.25, 0.3) is 16.9 Å². The Morgan fingerprint density at radius 2 is 2.12 bits per heavy atom. The van der Waals surface area contributed by atoms with Gasteiger partial charge in [-0.05, 0) is 6.07 Å². The summed E-state index contributed by atoms with van der Waals surface area (Å²) in [5.74, 6) is -4.12. The van der Waals surface area contributed by atoms with E-state index in [4.69, 9.17) is 5.26 Å². The average Bonchev–Trinajstić information content (AvgIpc) is 3.01. The highest BCUT2D eigenvalue weighted by Gasteiger charge is 2.22. The predicted molar refractivity (Wildman–Crippen MR) is 87.4 cm³/mol. The van der Waals surface area contributed by atoms with Gasteiger partial charge in [0.1, 0.15) is 11.6 Å². The highest BCUT2D eigenvalue weighted by molar-refractivity contribution is 5.94. The van der Waals surface area contributed by atoms with Crippen molar-refractivity contribution in [3.05, 3.63) is 41.9 Å². The molecule has 0 fully saturated rings. The number of hydrogen-bond donors (Lipinski definition) is 2. The number of fused-ring (bicyclic) bond motifs is 1. The zero-order chi connectivity index (χ0) is 18.9. The van der Waals surface area contributed by atoms with Gasteiger partial charge in [0.25, 0.3) is 5.92 Å². The fourth-order valence-electron chi connectivity index (χ4n) is 2.28. The first-order valence-electron chi connectivity index (χ1n) is 7.38. The first kappa shape index (κ1) is 17.2. The minimum absolute atomic E-state index is 0.0127. The summed E-state index contributed by atoms with van der Waals surface area (Å²) in [6, 6.07) is 4.87. The van der Waals surface area contributed by atoms with Crippen molar-refractivity contribution in [3.8, 4) is 11.9 Å². The molecule has 0 unspecified atom stereocenters. The normalized spacial score (nSPS) is 11.3. The van der Waals surface area contributed by atoms with Crippen LogP contribution in [-0.2, 0) is 0 Å². The van der Waals surface area contributed by atoms with Crippen LogP contribution in [0.15, 0.2) is 30.7 Å². The average molecular weight is 358 g/mol. The number of aromatic nitrogens is 4. The van der Waals surface area contributed by atoms with Crippen molar-refractivity contribution in [2.24, 2.45) is 0 Å². The second-order valence-electron chi connectivity index (χ2n) is 5.62. The molecule has 26 heavy (non-hydrogen) atoms. The van der Waals surface area contributed by atoms with Gasteiger partial charge in [-0.3, -0.25) is 0 Å². The lowest BCUT2D eigenvalue weighted by Gasteiger charge is -2.15. The van der Waals surface area contributed by atoms with Crippen molar-refractivity contribution in [3.63, 3.8) is 0 Å². The van der Waals surface area contributed by atoms with Gasteiger partial charge in [-0.25, -0.2) is 23.5 Å². The quantitative estimate of drug-likeness (QED) is 0.719. The number of rotatable bonds is 5. The van der Waals surface area contributed by atoms with Crippen LogP contribution < -0.4 is 5.32 Å². The van der Waals surface area contributed by atoms with Crippen molar-refractivity contribution in [1.82, 2.24) is 19.7 Å². The Bertz CT molecular complexity index is 1040. The van der Waals surface area contributed by atoms with Gasteiger partial charge in [-0.15, -0.1) is 0 Å². The lowest BCUT2D eigenvalue weighted by atomic mass is 10.2. The molecule has 3 aromatic heterocycles. The largest absolute Gasteiger partial charge is 0.478 e. The number of carboxylic acids is 1. The maximum absolute atomic E-state index is 13.1. The molecule has 0 saturated carbocycles. The maximum atomic E-state index is 13.1. The van der Waals surface area contributed by atoms with E-state index in [0.29, 0.717) is 16.6 Å². The zero-order valence-electron chi connectivity index (χ0n) is 13.4. The van der Waals surface area contributed by atoms with E-state index in [9.17, 15) is 18.7 Å². The standard InChI is InChI=1S/C16H12F2N6O2/c1-16(17,18)8-22-12-3-13(20-7-11(12)15(25)26)24-14-10(6-23-24)2-9(4-19)5-21-14/h2-3,5-7H,8H2,1H3,(H,20,22)(H,25,26). The molecule has 0 aromatic carbocycles. The Kier molecular flexibility index (Phi) is 4.21. The number of alkyl halides is 2. The van der Waals surface area contributed by atoms with E-state index in [1.54, 1.807) is 6.07 Å². The number of halogens is 2. The fourth-order valence-corrected chi connectivity index (χ4v) is 2.28. The van der Waals surface area contributed by atoms with Crippen molar-refractivity contribution in [1.29, 1.82) is 5.26 Å². The number of nitriles is 1. The number of nitrogens with zero attached hydrogens (tertiary/aromatic N) is 5. The smallest absolute Gasteiger partial charge is 0.339 e. The van der Waals surface area contributed by atoms with Crippen LogP contribution in [-0.4, -0.2) is 43.3 Å². The molecule has 0 aliphatic rings. The summed E-state index contributed by atoms with van der Waals surface area (Å²) >= 11 is 0. The minimum atomic E-state index is -3.02. The van der Waals surface area contributed by atoms with Crippen LogP contribution in [0.5, 0.6) is 0 Å². The maximum Gasteiger partial charge on any atom is 0.339 e. The van der Waals surface area contributed by atoms with Crippen LogP contribution in [0.3, 0.4) is 0 Å². The lowest BCUT2D eigenvalue weighted by molar-refractivity contribution is 0.0366. The molecule has 0 radical (unpaired) electrons. The summed E-state index contributed by atoms with van der Waals surface area (Å²) in [5, 5.41) is 25.3. The van der Waals surface area contributed by atoms with Crippen LogP contribution >= 0.6 is 0 Å². The molecule has 0 bridgehead atoms. The molecule has 2 N–H and O–H groups in total. The van der Waals surface area contributed by atoms with Crippen LogP contribution in [0, 0.1) is 11.3 Å². The highest BCUT2D eigenvalue weighted by Crippen LogP contribution is 2.23. The summed E-state index contributed by atoms with van der Waals surface area (Å²) in [4.78, 5) is 19.5. The fraction of sp³-hybridized carbons (Fsp3) is 0.188. The third-order valence-corrected chi connectivity index (χ3v) is 3.46. The number of anilines is 1. The van der Waals surface area contributed by atoms with Gasteiger partial charge in [0.15, 0.2) is 11.5 Å². The van der Waals surface area contributed by atoms with Crippen molar-refractivity contribution >= 4 is 22.7 Å². The van der Waals surface area contributed by atoms with Gasteiger partial charge in [-0.1, -0.05) is 0 Å². The molecule has 0 atom stereocenters. The van der Waals surface area contributed by atoms with E-state index in [-0.39, 0.29) is 17.1 Å². The van der Waals surface area contributed by atoms with Crippen LogP contribution in [0.2, 0.25) is 0 Å². The number of hydrogen-bond acceptors (Lipinski definition) is 6. The topological polar surface area (TPSA) is 117 Å². The third-order valence-electron chi connectivity index (χ3n) is 3.46. The molecule has 3 heterocycles. The van der Waals surface area contributed by atoms with Crippen LogP contribution in [0.4, 0.5) is 14.5 Å². The second kappa shape index (κ2) is 6.36. The summed E-state index contributed by atoms with van der Waals surface area (Å²) in [7, 11) is 0. The van der Waals surface area contributed by atoms with E-state index >= 15 is 0 Å².